The number of sulfone groups is 1. The summed E-state index contributed by atoms with van der Waals surface area (Å²) in [5.41, 5.74) is 0. The normalized spacial score (nSPS) is 28.6. The highest BCUT2D eigenvalue weighted by molar-refractivity contribution is 7.91. The average molecular weight is 300 g/mol. The van der Waals surface area contributed by atoms with E-state index in [1.54, 1.807) is 11.9 Å². The fourth-order valence-electron chi connectivity index (χ4n) is 3.51. The second-order valence-electron chi connectivity index (χ2n) is 6.73. The lowest BCUT2D eigenvalue weighted by molar-refractivity contribution is 0.132. The molecule has 0 aromatic rings. The van der Waals surface area contributed by atoms with Crippen molar-refractivity contribution in [2.45, 2.75) is 44.2 Å². The Morgan fingerprint density at radius 2 is 1.60 bits per heavy atom. The van der Waals surface area contributed by atoms with E-state index in [1.165, 1.54) is 25.7 Å². The molecule has 20 heavy (non-hydrogen) atoms. The number of carbonyl (C=O) groups excluding carboxylic acids is 1. The van der Waals surface area contributed by atoms with Crippen LogP contribution in [0.1, 0.15) is 32.1 Å². The molecule has 3 fully saturated rings. The van der Waals surface area contributed by atoms with Crippen LogP contribution in [-0.4, -0.2) is 61.9 Å². The minimum Gasteiger partial charge on any atom is -0.324 e. The molecular formula is C14H24N2O3S. The zero-order chi connectivity index (χ0) is 14.5. The van der Waals surface area contributed by atoms with Crippen molar-refractivity contribution in [1.82, 2.24) is 9.80 Å². The third-order valence-electron chi connectivity index (χ3n) is 5.02. The maximum absolute atomic E-state index is 12.6. The lowest BCUT2D eigenvalue weighted by Gasteiger charge is -2.34. The fraction of sp³-hybridized carbons (Fsp3) is 0.929. The molecule has 2 amide bonds. The topological polar surface area (TPSA) is 57.7 Å². The first-order chi connectivity index (χ1) is 9.39. The Morgan fingerprint density at radius 3 is 2.00 bits per heavy atom. The first-order valence-electron chi connectivity index (χ1n) is 7.59. The molecule has 0 aromatic heterocycles. The lowest BCUT2D eigenvalue weighted by Crippen LogP contribution is -2.50. The van der Waals surface area contributed by atoms with Crippen LogP contribution in [0, 0.1) is 11.8 Å². The molecule has 3 aliphatic rings. The SMILES string of the molecule is CN(C(=O)N(C)C(C1CC1)C1CC1)C1CCS(=O)(=O)C1. The Morgan fingerprint density at radius 1 is 1.05 bits per heavy atom. The van der Waals surface area contributed by atoms with Gasteiger partial charge in [0, 0.05) is 26.2 Å². The summed E-state index contributed by atoms with van der Waals surface area (Å²) in [6, 6.07) is 0.230. The van der Waals surface area contributed by atoms with Gasteiger partial charge in [-0.15, -0.1) is 0 Å². The number of amides is 2. The summed E-state index contributed by atoms with van der Waals surface area (Å²) in [6.45, 7) is 0. The third kappa shape index (κ3) is 2.80. The van der Waals surface area contributed by atoms with E-state index in [1.807, 2.05) is 11.9 Å². The smallest absolute Gasteiger partial charge is 0.320 e. The van der Waals surface area contributed by atoms with Gasteiger partial charge in [0.05, 0.1) is 11.5 Å². The van der Waals surface area contributed by atoms with Gasteiger partial charge in [0.15, 0.2) is 9.84 Å². The predicted molar refractivity (Wildman–Crippen MR) is 77.2 cm³/mol. The van der Waals surface area contributed by atoms with Gasteiger partial charge in [0.25, 0.3) is 0 Å². The summed E-state index contributed by atoms with van der Waals surface area (Å²) in [7, 11) is 0.703. The number of urea groups is 1. The molecule has 0 bridgehead atoms. The number of carbonyl (C=O) groups is 1. The second kappa shape index (κ2) is 4.90. The molecule has 0 radical (unpaired) electrons. The van der Waals surface area contributed by atoms with Crippen molar-refractivity contribution in [2.75, 3.05) is 25.6 Å². The number of rotatable bonds is 4. The van der Waals surface area contributed by atoms with Gasteiger partial charge in [-0.25, -0.2) is 13.2 Å². The van der Waals surface area contributed by atoms with E-state index in [0.29, 0.717) is 24.3 Å². The van der Waals surface area contributed by atoms with Crippen molar-refractivity contribution >= 4 is 15.9 Å². The van der Waals surface area contributed by atoms with Crippen LogP contribution in [0.4, 0.5) is 4.79 Å². The van der Waals surface area contributed by atoms with Crippen LogP contribution in [0.3, 0.4) is 0 Å². The van der Waals surface area contributed by atoms with Crippen LogP contribution in [0.5, 0.6) is 0 Å². The van der Waals surface area contributed by atoms with E-state index in [-0.39, 0.29) is 23.6 Å². The molecule has 6 heteroatoms. The van der Waals surface area contributed by atoms with Crippen LogP contribution in [0.15, 0.2) is 0 Å². The fourth-order valence-corrected chi connectivity index (χ4v) is 5.28. The quantitative estimate of drug-likeness (QED) is 0.787. The lowest BCUT2D eigenvalue weighted by atomic mass is 10.1. The molecule has 2 saturated carbocycles. The van der Waals surface area contributed by atoms with E-state index >= 15 is 0 Å². The molecule has 3 rings (SSSR count). The monoisotopic (exact) mass is 300 g/mol. The number of nitrogens with zero attached hydrogens (tertiary/aromatic N) is 2. The molecule has 1 unspecified atom stereocenters. The Hall–Kier alpha value is -0.780. The van der Waals surface area contributed by atoms with Crippen molar-refractivity contribution in [1.29, 1.82) is 0 Å². The number of hydrogen-bond acceptors (Lipinski definition) is 3. The van der Waals surface area contributed by atoms with Gasteiger partial charge >= 0.3 is 6.03 Å². The third-order valence-corrected chi connectivity index (χ3v) is 6.77. The Kier molecular flexibility index (Phi) is 3.47. The van der Waals surface area contributed by atoms with Crippen LogP contribution in [-0.2, 0) is 9.84 Å². The summed E-state index contributed by atoms with van der Waals surface area (Å²) in [5, 5.41) is 0. The summed E-state index contributed by atoms with van der Waals surface area (Å²) in [6.07, 6.45) is 5.52. The summed E-state index contributed by atoms with van der Waals surface area (Å²) >= 11 is 0. The van der Waals surface area contributed by atoms with Crippen molar-refractivity contribution in [2.24, 2.45) is 11.8 Å². The van der Waals surface area contributed by atoms with E-state index in [9.17, 15) is 13.2 Å². The van der Waals surface area contributed by atoms with Gasteiger partial charge in [0.1, 0.15) is 0 Å². The molecule has 1 saturated heterocycles. The van der Waals surface area contributed by atoms with Gasteiger partial charge in [-0.05, 0) is 43.9 Å². The Balaban J connectivity index is 1.65. The maximum atomic E-state index is 12.6. The first-order valence-corrected chi connectivity index (χ1v) is 9.41. The summed E-state index contributed by atoms with van der Waals surface area (Å²) in [5.74, 6) is 1.70. The molecule has 0 N–H and O–H groups in total. The van der Waals surface area contributed by atoms with E-state index in [0.717, 1.165) is 0 Å². The van der Waals surface area contributed by atoms with Gasteiger partial charge in [-0.2, -0.15) is 0 Å². The van der Waals surface area contributed by atoms with E-state index in [2.05, 4.69) is 0 Å². The highest BCUT2D eigenvalue weighted by Gasteiger charge is 2.46. The van der Waals surface area contributed by atoms with E-state index < -0.39 is 9.84 Å². The molecule has 0 spiro atoms. The molecule has 0 aromatic carbocycles. The zero-order valence-corrected chi connectivity index (χ0v) is 13.1. The van der Waals surface area contributed by atoms with Gasteiger partial charge in [-0.3, -0.25) is 0 Å². The van der Waals surface area contributed by atoms with Gasteiger partial charge in [0.2, 0.25) is 0 Å². The Bertz CT molecular complexity index is 485. The standard InChI is InChI=1S/C14H24N2O3S/c1-15(12-7-8-20(18,19)9-12)14(17)16(2)13(10-3-4-10)11-5-6-11/h10-13H,3-9H2,1-2H3. The minimum absolute atomic E-state index is 0.00380. The van der Waals surface area contributed by atoms with Crippen LogP contribution < -0.4 is 0 Å². The highest BCUT2D eigenvalue weighted by atomic mass is 32.2. The molecule has 1 aliphatic heterocycles. The van der Waals surface area contributed by atoms with Crippen LogP contribution >= 0.6 is 0 Å². The van der Waals surface area contributed by atoms with Crippen molar-refractivity contribution in [3.63, 3.8) is 0 Å². The van der Waals surface area contributed by atoms with Gasteiger partial charge < -0.3 is 9.80 Å². The highest BCUT2D eigenvalue weighted by Crippen LogP contribution is 2.47. The van der Waals surface area contributed by atoms with Crippen molar-refractivity contribution in [3.8, 4) is 0 Å². The molecular weight excluding hydrogens is 276 g/mol. The predicted octanol–water partition coefficient (Wildman–Crippen LogP) is 1.35. The average Bonchev–Trinajstić information content (AvgIpc) is 3.29. The molecule has 1 atom stereocenters. The summed E-state index contributed by atoms with van der Waals surface area (Å²) < 4.78 is 23.1. The molecule has 2 aliphatic carbocycles. The van der Waals surface area contributed by atoms with Crippen molar-refractivity contribution in [3.05, 3.63) is 0 Å². The van der Waals surface area contributed by atoms with Crippen LogP contribution in [0.2, 0.25) is 0 Å². The van der Waals surface area contributed by atoms with Gasteiger partial charge in [-0.1, -0.05) is 0 Å². The molecule has 1 heterocycles. The first kappa shape index (κ1) is 14.2. The van der Waals surface area contributed by atoms with Crippen molar-refractivity contribution < 1.29 is 13.2 Å². The number of hydrogen-bond donors (Lipinski definition) is 0. The molecule has 114 valence electrons. The largest absolute Gasteiger partial charge is 0.324 e. The summed E-state index contributed by atoms with van der Waals surface area (Å²) in [4.78, 5) is 16.1. The Labute approximate surface area is 121 Å². The zero-order valence-electron chi connectivity index (χ0n) is 12.3. The second-order valence-corrected chi connectivity index (χ2v) is 8.96. The minimum atomic E-state index is -2.94. The molecule has 5 nitrogen and oxygen atoms in total. The van der Waals surface area contributed by atoms with E-state index in [4.69, 9.17) is 0 Å². The maximum Gasteiger partial charge on any atom is 0.320 e. The van der Waals surface area contributed by atoms with Crippen LogP contribution in [0.25, 0.3) is 0 Å².